The molecular weight excluding hydrogens is 708 g/mol. The zero-order valence-corrected chi connectivity index (χ0v) is 28.6. The van der Waals surface area contributed by atoms with Gasteiger partial charge in [-0.2, -0.15) is 0 Å². The average molecular weight is 735 g/mol. The third kappa shape index (κ3) is 5.42. The highest BCUT2D eigenvalue weighted by Gasteiger charge is 2.42. The molecule has 0 amide bonds. The lowest BCUT2D eigenvalue weighted by Crippen LogP contribution is -2.09. The maximum absolute atomic E-state index is 13.8. The van der Waals surface area contributed by atoms with E-state index in [9.17, 15) is 39.3 Å². The second-order valence-corrected chi connectivity index (χ2v) is 11.7. The third-order valence-electron chi connectivity index (χ3n) is 8.76. The Morgan fingerprint density at radius 3 is 1.54 bits per heavy atom. The molecular formula is C39H26O15. The Labute approximate surface area is 304 Å². The van der Waals surface area contributed by atoms with Crippen LogP contribution in [-0.4, -0.2) is 73.6 Å². The molecule has 0 saturated carbocycles. The average Bonchev–Trinajstić information content (AvgIpc) is 3.80. The van der Waals surface area contributed by atoms with Crippen LogP contribution in [0.5, 0.6) is 23.0 Å². The lowest BCUT2D eigenvalue weighted by molar-refractivity contribution is -0.135. The van der Waals surface area contributed by atoms with Gasteiger partial charge in [-0.1, -0.05) is 24.3 Å². The first kappa shape index (κ1) is 34.9. The van der Waals surface area contributed by atoms with Crippen LogP contribution < -0.4 is 4.74 Å². The van der Waals surface area contributed by atoms with E-state index in [1.165, 1.54) is 74.9 Å². The van der Waals surface area contributed by atoms with Crippen LogP contribution in [0.4, 0.5) is 0 Å². The minimum absolute atomic E-state index is 0.0158. The van der Waals surface area contributed by atoms with Crippen molar-refractivity contribution < 1.29 is 72.5 Å². The normalized spacial score (nSPS) is 16.6. The number of rotatable bonds is 8. The summed E-state index contributed by atoms with van der Waals surface area (Å²) in [6.45, 7) is 0. The fourth-order valence-corrected chi connectivity index (χ4v) is 6.41. The number of carbonyl (C=O) groups excluding carboxylic acids is 5. The molecule has 0 aromatic heterocycles. The van der Waals surface area contributed by atoms with Crippen LogP contribution in [0.2, 0.25) is 0 Å². The van der Waals surface area contributed by atoms with Gasteiger partial charge in [0.15, 0.2) is 34.5 Å². The van der Waals surface area contributed by atoms with Gasteiger partial charge in [-0.05, 0) is 64.5 Å². The van der Waals surface area contributed by atoms with Crippen molar-refractivity contribution in [1.82, 2.24) is 0 Å². The number of cyclic esters (lactones) is 2. The van der Waals surface area contributed by atoms with Crippen LogP contribution in [0.15, 0.2) is 89.8 Å². The van der Waals surface area contributed by atoms with Gasteiger partial charge in [-0.25, -0.2) is 24.0 Å². The number of aromatic hydroxyl groups is 3. The van der Waals surface area contributed by atoms with Crippen molar-refractivity contribution in [3.05, 3.63) is 118 Å². The fraction of sp³-hybridized carbons (Fsp3) is 0.103. The SMILES string of the molecule is COC(=O)/C(=C1/OC(=O)C(c2cc3c4c(c(O)cc(C5=C(OC)/C(=C(\C(=O)OC)c6ccc(O)cc6)OC5=O)c4c2)OC3=O)=C1OC)c1ccc(O)cc1. The van der Waals surface area contributed by atoms with Crippen molar-refractivity contribution in [3.63, 3.8) is 0 Å². The van der Waals surface area contributed by atoms with Crippen molar-refractivity contribution >= 4 is 62.9 Å². The van der Waals surface area contributed by atoms with Gasteiger partial charge in [-0.3, -0.25) is 0 Å². The zero-order chi connectivity index (χ0) is 38.6. The molecule has 4 aromatic carbocycles. The summed E-state index contributed by atoms with van der Waals surface area (Å²) >= 11 is 0. The molecule has 3 heterocycles. The Balaban J connectivity index is 1.52. The van der Waals surface area contributed by atoms with E-state index in [0.29, 0.717) is 0 Å². The van der Waals surface area contributed by atoms with Crippen molar-refractivity contribution in [2.75, 3.05) is 28.4 Å². The highest BCUT2D eigenvalue weighted by molar-refractivity contribution is 6.30. The second kappa shape index (κ2) is 13.2. The summed E-state index contributed by atoms with van der Waals surface area (Å²) in [4.78, 5) is 66.9. The van der Waals surface area contributed by atoms with E-state index < -0.39 is 35.6 Å². The maximum Gasteiger partial charge on any atom is 0.348 e. The molecule has 0 spiro atoms. The van der Waals surface area contributed by atoms with E-state index in [1.807, 2.05) is 0 Å². The third-order valence-corrected chi connectivity index (χ3v) is 8.76. The largest absolute Gasteiger partial charge is 0.508 e. The Hall–Kier alpha value is -7.55. The highest BCUT2D eigenvalue weighted by atomic mass is 16.6. The van der Waals surface area contributed by atoms with Crippen molar-refractivity contribution in [3.8, 4) is 23.0 Å². The predicted octanol–water partition coefficient (Wildman–Crippen LogP) is 4.49. The van der Waals surface area contributed by atoms with Gasteiger partial charge in [0.2, 0.25) is 0 Å². The zero-order valence-electron chi connectivity index (χ0n) is 28.6. The van der Waals surface area contributed by atoms with Gasteiger partial charge in [0.05, 0.1) is 34.0 Å². The Morgan fingerprint density at radius 2 is 1.06 bits per heavy atom. The predicted molar refractivity (Wildman–Crippen MR) is 185 cm³/mol. The lowest BCUT2D eigenvalue weighted by Gasteiger charge is -2.13. The molecule has 3 aliphatic rings. The Bertz CT molecular complexity index is 2500. The van der Waals surface area contributed by atoms with Crippen LogP contribution in [0, 0.1) is 0 Å². The molecule has 15 heteroatoms. The molecule has 3 aliphatic heterocycles. The van der Waals surface area contributed by atoms with Gasteiger partial charge in [-0.15, -0.1) is 0 Å². The molecule has 0 fully saturated rings. The Morgan fingerprint density at radius 1 is 0.574 bits per heavy atom. The number of carbonyl (C=O) groups is 5. The molecule has 15 nitrogen and oxygen atoms in total. The quantitative estimate of drug-likeness (QED) is 0.0986. The number of methoxy groups -OCH3 is 4. The number of benzene rings is 4. The van der Waals surface area contributed by atoms with Crippen LogP contribution in [0.25, 0.3) is 33.1 Å². The highest BCUT2D eigenvalue weighted by Crippen LogP contribution is 2.50. The summed E-state index contributed by atoms with van der Waals surface area (Å²) in [7, 11) is 4.68. The smallest absolute Gasteiger partial charge is 0.348 e. The molecule has 0 bridgehead atoms. The molecule has 0 radical (unpaired) electrons. The molecule has 54 heavy (non-hydrogen) atoms. The summed E-state index contributed by atoms with van der Waals surface area (Å²) < 4.78 is 37.8. The van der Waals surface area contributed by atoms with Crippen LogP contribution in [0.1, 0.15) is 32.6 Å². The van der Waals surface area contributed by atoms with Crippen molar-refractivity contribution in [1.29, 1.82) is 0 Å². The van der Waals surface area contributed by atoms with E-state index >= 15 is 0 Å². The molecule has 0 atom stereocenters. The first-order valence-corrected chi connectivity index (χ1v) is 15.7. The van der Waals surface area contributed by atoms with E-state index in [1.54, 1.807) is 0 Å². The monoisotopic (exact) mass is 734 g/mol. The number of phenols is 3. The van der Waals surface area contributed by atoms with Crippen LogP contribution in [0.3, 0.4) is 0 Å². The molecule has 0 saturated heterocycles. The molecule has 272 valence electrons. The van der Waals surface area contributed by atoms with Gasteiger partial charge in [0.1, 0.15) is 33.8 Å². The van der Waals surface area contributed by atoms with Crippen molar-refractivity contribution in [2.45, 2.75) is 0 Å². The summed E-state index contributed by atoms with van der Waals surface area (Å²) in [5.74, 6) is -6.79. The molecule has 3 N–H and O–H groups in total. The summed E-state index contributed by atoms with van der Waals surface area (Å²) in [5.41, 5.74) is -0.710. The van der Waals surface area contributed by atoms with E-state index in [-0.39, 0.29) is 101 Å². The topological polar surface area (TPSA) is 211 Å². The number of hydrogen-bond acceptors (Lipinski definition) is 15. The van der Waals surface area contributed by atoms with Gasteiger partial charge >= 0.3 is 29.8 Å². The van der Waals surface area contributed by atoms with Crippen LogP contribution >= 0.6 is 0 Å². The van der Waals surface area contributed by atoms with Crippen molar-refractivity contribution in [2.24, 2.45) is 0 Å². The summed E-state index contributed by atoms with van der Waals surface area (Å²) in [6, 6.07) is 14.7. The van der Waals surface area contributed by atoms with E-state index in [2.05, 4.69) is 0 Å². The number of esters is 5. The van der Waals surface area contributed by atoms with Gasteiger partial charge in [0.25, 0.3) is 0 Å². The number of phenolic OH excluding ortho intramolecular Hbond substituents is 3. The number of ether oxygens (including phenoxy) is 7. The van der Waals surface area contributed by atoms with Gasteiger partial charge in [0, 0.05) is 10.9 Å². The maximum atomic E-state index is 13.8. The summed E-state index contributed by atoms with van der Waals surface area (Å²) in [5, 5.41) is 30.9. The molecule has 0 aliphatic carbocycles. The van der Waals surface area contributed by atoms with E-state index in [4.69, 9.17) is 33.2 Å². The van der Waals surface area contributed by atoms with Gasteiger partial charge < -0.3 is 48.5 Å². The van der Waals surface area contributed by atoms with E-state index in [0.717, 1.165) is 20.3 Å². The standard InChI is InChI=1S/C39H26O15/c1-48-31-27(38(46)53-33(31)25(36(44)50-3)16-5-9-19(40)10-6-16)18-13-21-22(15-24(42)30-28(21)23(14-18)35(43)52-30)29-32(49-2)34(54-39(29)47)26(37(45)51-4)17-7-11-20(41)12-8-17/h5-15,40-42H,1-4H3/b33-25+,34-26+. The molecule has 7 rings (SSSR count). The lowest BCUT2D eigenvalue weighted by atomic mass is 9.90. The number of hydrogen-bond donors (Lipinski definition) is 3. The summed E-state index contributed by atoms with van der Waals surface area (Å²) in [6.07, 6.45) is 0. The second-order valence-electron chi connectivity index (χ2n) is 11.7. The first-order valence-electron chi connectivity index (χ1n) is 15.7. The minimum atomic E-state index is -1.02. The first-order chi connectivity index (χ1) is 25.9. The minimum Gasteiger partial charge on any atom is -0.508 e. The molecule has 0 unspecified atom stereocenters. The van der Waals surface area contributed by atoms with Crippen LogP contribution in [-0.2, 0) is 47.6 Å². The fourth-order valence-electron chi connectivity index (χ4n) is 6.41. The molecule has 4 aromatic rings. The Kier molecular flexibility index (Phi) is 8.53.